The predicted octanol–water partition coefficient (Wildman–Crippen LogP) is 6.77. The van der Waals surface area contributed by atoms with Gasteiger partial charge in [0.15, 0.2) is 0 Å². The molecule has 0 unspecified atom stereocenters. The smallest absolute Gasteiger partial charge is 0.143 e. The first-order valence-electron chi connectivity index (χ1n) is 9.32. The van der Waals surface area contributed by atoms with Crippen LogP contribution in [0.5, 0.6) is 0 Å². The first-order valence-corrected chi connectivity index (χ1v) is 9.32. The van der Waals surface area contributed by atoms with Crippen molar-refractivity contribution in [3.8, 4) is 11.3 Å². The van der Waals surface area contributed by atoms with Crippen LogP contribution in [0.15, 0.2) is 47.0 Å². The maximum atomic E-state index is 6.12. The van der Waals surface area contributed by atoms with Crippen molar-refractivity contribution >= 4 is 21.7 Å². The number of furan rings is 1. The third-order valence-electron chi connectivity index (χ3n) is 5.15. The molecule has 0 fully saturated rings. The van der Waals surface area contributed by atoms with Crippen LogP contribution in [0.3, 0.4) is 0 Å². The van der Waals surface area contributed by atoms with Crippen LogP contribution in [0.25, 0.3) is 33.0 Å². The molecule has 26 heavy (non-hydrogen) atoms. The van der Waals surface area contributed by atoms with E-state index in [1.165, 1.54) is 32.8 Å². The average molecular weight is 343 g/mol. The Balaban J connectivity index is 1.97. The van der Waals surface area contributed by atoms with Gasteiger partial charge in [0, 0.05) is 22.5 Å². The van der Waals surface area contributed by atoms with Crippen molar-refractivity contribution in [3.05, 3.63) is 65.0 Å². The van der Waals surface area contributed by atoms with E-state index in [9.17, 15) is 0 Å². The van der Waals surface area contributed by atoms with Crippen LogP contribution in [0.2, 0.25) is 0 Å². The molecular weight excluding hydrogens is 318 g/mol. The Kier molecular flexibility index (Phi) is 4.07. The van der Waals surface area contributed by atoms with Crippen LogP contribution in [0.1, 0.15) is 36.3 Å². The number of rotatable bonds is 3. The molecule has 4 aromatic rings. The molecule has 2 heterocycles. The number of benzene rings is 2. The van der Waals surface area contributed by atoms with E-state index in [0.717, 1.165) is 29.0 Å². The third kappa shape index (κ3) is 2.80. The molecule has 0 saturated carbocycles. The van der Waals surface area contributed by atoms with Crippen LogP contribution in [0, 0.1) is 26.7 Å². The molecular formula is C24H25NO. The molecule has 0 N–H and O–H groups in total. The van der Waals surface area contributed by atoms with Crippen LogP contribution in [-0.2, 0) is 6.42 Å². The van der Waals surface area contributed by atoms with Gasteiger partial charge in [0.25, 0.3) is 0 Å². The Morgan fingerprint density at radius 2 is 1.77 bits per heavy atom. The van der Waals surface area contributed by atoms with Gasteiger partial charge in [0.1, 0.15) is 11.3 Å². The van der Waals surface area contributed by atoms with Crippen molar-refractivity contribution in [1.29, 1.82) is 0 Å². The zero-order valence-electron chi connectivity index (χ0n) is 16.2. The Morgan fingerprint density at radius 1 is 0.962 bits per heavy atom. The fourth-order valence-electron chi connectivity index (χ4n) is 3.80. The maximum absolute atomic E-state index is 6.12. The highest BCUT2D eigenvalue weighted by Crippen LogP contribution is 2.37. The lowest BCUT2D eigenvalue weighted by molar-refractivity contribution is 0.576. The first-order chi connectivity index (χ1) is 12.4. The van der Waals surface area contributed by atoms with Gasteiger partial charge < -0.3 is 4.42 Å². The second kappa shape index (κ2) is 6.28. The van der Waals surface area contributed by atoms with E-state index < -0.39 is 0 Å². The van der Waals surface area contributed by atoms with Crippen molar-refractivity contribution in [2.45, 2.75) is 41.0 Å². The van der Waals surface area contributed by atoms with Gasteiger partial charge in [0.05, 0.1) is 5.69 Å². The summed E-state index contributed by atoms with van der Waals surface area (Å²) in [4.78, 5) is 4.74. The lowest BCUT2D eigenvalue weighted by Gasteiger charge is -2.10. The average Bonchev–Trinajstić information content (AvgIpc) is 2.88. The second-order valence-electron chi connectivity index (χ2n) is 7.79. The SMILES string of the molecule is Cc1cc(-c2nccc3cc(CC(C)C)ccc23)c2oc(C)c(C)c2c1. The Labute approximate surface area is 154 Å². The highest BCUT2D eigenvalue weighted by molar-refractivity contribution is 6.03. The van der Waals surface area contributed by atoms with Gasteiger partial charge in [-0.1, -0.05) is 32.0 Å². The summed E-state index contributed by atoms with van der Waals surface area (Å²) in [5, 5.41) is 3.61. The summed E-state index contributed by atoms with van der Waals surface area (Å²) in [5.74, 6) is 1.63. The molecule has 0 spiro atoms. The minimum absolute atomic E-state index is 0.652. The number of hydrogen-bond acceptors (Lipinski definition) is 2. The lowest BCUT2D eigenvalue weighted by atomic mass is 9.96. The topological polar surface area (TPSA) is 26.0 Å². The molecule has 0 aliphatic heterocycles. The molecule has 2 nitrogen and oxygen atoms in total. The molecule has 132 valence electrons. The zero-order chi connectivity index (χ0) is 18.4. The maximum Gasteiger partial charge on any atom is 0.143 e. The van der Waals surface area contributed by atoms with Crippen LogP contribution in [0.4, 0.5) is 0 Å². The minimum Gasteiger partial charge on any atom is -0.460 e. The molecule has 2 heteroatoms. The number of aryl methyl sites for hydroxylation is 3. The first kappa shape index (κ1) is 16.8. The number of fused-ring (bicyclic) bond motifs is 2. The molecule has 0 bridgehead atoms. The van der Waals surface area contributed by atoms with E-state index in [1.54, 1.807) is 0 Å². The fourth-order valence-corrected chi connectivity index (χ4v) is 3.80. The fraction of sp³-hybridized carbons (Fsp3) is 0.292. The van der Waals surface area contributed by atoms with Crippen LogP contribution in [-0.4, -0.2) is 4.98 Å². The van der Waals surface area contributed by atoms with E-state index in [2.05, 4.69) is 64.1 Å². The standard InChI is InChI=1S/C24H25NO/c1-14(2)10-18-6-7-20-19(13-18)8-9-25-23(20)22-12-15(3)11-21-16(4)17(5)26-24(21)22/h6-9,11-14H,10H2,1-5H3. The summed E-state index contributed by atoms with van der Waals surface area (Å²) >= 11 is 0. The van der Waals surface area contributed by atoms with Crippen LogP contribution >= 0.6 is 0 Å². The van der Waals surface area contributed by atoms with Gasteiger partial charge in [-0.3, -0.25) is 4.98 Å². The van der Waals surface area contributed by atoms with Gasteiger partial charge >= 0.3 is 0 Å². The van der Waals surface area contributed by atoms with E-state index in [-0.39, 0.29) is 0 Å². The van der Waals surface area contributed by atoms with Gasteiger partial charge in [-0.25, -0.2) is 0 Å². The summed E-state index contributed by atoms with van der Waals surface area (Å²) in [6, 6.07) is 13.2. The quantitative estimate of drug-likeness (QED) is 0.410. The van der Waals surface area contributed by atoms with E-state index in [1.807, 2.05) is 13.1 Å². The molecule has 0 amide bonds. The van der Waals surface area contributed by atoms with Gasteiger partial charge in [-0.2, -0.15) is 0 Å². The number of aromatic nitrogens is 1. The van der Waals surface area contributed by atoms with E-state index in [4.69, 9.17) is 9.40 Å². The number of nitrogens with zero attached hydrogens (tertiary/aromatic N) is 1. The van der Waals surface area contributed by atoms with Crippen molar-refractivity contribution in [2.24, 2.45) is 5.92 Å². The molecule has 0 aliphatic rings. The van der Waals surface area contributed by atoms with Gasteiger partial charge in [0.2, 0.25) is 0 Å². The molecule has 0 saturated heterocycles. The Morgan fingerprint density at radius 3 is 2.54 bits per heavy atom. The zero-order valence-corrected chi connectivity index (χ0v) is 16.2. The van der Waals surface area contributed by atoms with E-state index >= 15 is 0 Å². The molecule has 0 aliphatic carbocycles. The molecule has 0 atom stereocenters. The van der Waals surface area contributed by atoms with Crippen molar-refractivity contribution < 1.29 is 4.42 Å². The largest absolute Gasteiger partial charge is 0.460 e. The summed E-state index contributed by atoms with van der Waals surface area (Å²) in [6.07, 6.45) is 3.01. The summed E-state index contributed by atoms with van der Waals surface area (Å²) in [6.45, 7) is 10.8. The molecule has 2 aromatic heterocycles. The monoisotopic (exact) mass is 343 g/mol. The molecule has 0 radical (unpaired) electrons. The summed E-state index contributed by atoms with van der Waals surface area (Å²) in [5.41, 5.74) is 6.84. The van der Waals surface area contributed by atoms with Gasteiger partial charge in [-0.15, -0.1) is 0 Å². The van der Waals surface area contributed by atoms with Gasteiger partial charge in [-0.05, 0) is 73.4 Å². The van der Waals surface area contributed by atoms with Crippen molar-refractivity contribution in [1.82, 2.24) is 4.98 Å². The number of pyridine rings is 1. The molecule has 2 aromatic carbocycles. The van der Waals surface area contributed by atoms with E-state index in [0.29, 0.717) is 5.92 Å². The highest BCUT2D eigenvalue weighted by Gasteiger charge is 2.16. The second-order valence-corrected chi connectivity index (χ2v) is 7.79. The highest BCUT2D eigenvalue weighted by atomic mass is 16.3. The Hall–Kier alpha value is -2.61. The minimum atomic E-state index is 0.652. The summed E-state index contributed by atoms with van der Waals surface area (Å²) < 4.78 is 6.12. The normalized spacial score (nSPS) is 11.8. The van der Waals surface area contributed by atoms with Crippen molar-refractivity contribution in [3.63, 3.8) is 0 Å². The predicted molar refractivity (Wildman–Crippen MR) is 110 cm³/mol. The van der Waals surface area contributed by atoms with Crippen molar-refractivity contribution in [2.75, 3.05) is 0 Å². The lowest BCUT2D eigenvalue weighted by Crippen LogP contribution is -1.94. The van der Waals surface area contributed by atoms with Crippen LogP contribution < -0.4 is 0 Å². The number of hydrogen-bond donors (Lipinski definition) is 0. The molecule has 4 rings (SSSR count). The Bertz CT molecular complexity index is 1120. The third-order valence-corrected chi connectivity index (χ3v) is 5.15. The summed E-state index contributed by atoms with van der Waals surface area (Å²) in [7, 11) is 0.